The van der Waals surface area contributed by atoms with E-state index in [1.807, 2.05) is 0 Å². The standard InChI is InChI=1S/C12H25NO3/c1-14-5-6-15-7-8-16-10-12-4-2-3-11(12)9-13/h11-12H,2-10,13H2,1H3. The van der Waals surface area contributed by atoms with Crippen LogP contribution >= 0.6 is 0 Å². The van der Waals surface area contributed by atoms with Crippen LogP contribution in [0.5, 0.6) is 0 Å². The molecule has 0 aromatic rings. The first kappa shape index (κ1) is 13.9. The van der Waals surface area contributed by atoms with E-state index in [4.69, 9.17) is 19.9 Å². The highest BCUT2D eigenvalue weighted by molar-refractivity contribution is 4.77. The van der Waals surface area contributed by atoms with Gasteiger partial charge >= 0.3 is 0 Å². The van der Waals surface area contributed by atoms with E-state index in [1.165, 1.54) is 19.3 Å². The molecular formula is C12H25NO3. The average molecular weight is 231 g/mol. The lowest BCUT2D eigenvalue weighted by atomic mass is 9.97. The zero-order valence-electron chi connectivity index (χ0n) is 10.3. The van der Waals surface area contributed by atoms with Crippen molar-refractivity contribution in [1.82, 2.24) is 0 Å². The summed E-state index contributed by atoms with van der Waals surface area (Å²) >= 11 is 0. The smallest absolute Gasteiger partial charge is 0.0701 e. The molecule has 96 valence electrons. The van der Waals surface area contributed by atoms with E-state index in [0.29, 0.717) is 38.3 Å². The summed E-state index contributed by atoms with van der Waals surface area (Å²) in [6.45, 7) is 4.28. The Kier molecular flexibility index (Phi) is 7.76. The Labute approximate surface area is 98.4 Å². The minimum absolute atomic E-state index is 0.648. The van der Waals surface area contributed by atoms with Crippen molar-refractivity contribution in [3.05, 3.63) is 0 Å². The third kappa shape index (κ3) is 5.25. The van der Waals surface area contributed by atoms with Gasteiger partial charge in [-0.15, -0.1) is 0 Å². The molecule has 0 spiro atoms. The molecule has 0 saturated heterocycles. The number of ether oxygens (including phenoxy) is 3. The van der Waals surface area contributed by atoms with Crippen molar-refractivity contribution >= 4 is 0 Å². The van der Waals surface area contributed by atoms with Crippen molar-refractivity contribution in [2.45, 2.75) is 19.3 Å². The SMILES string of the molecule is COCCOCCOCC1CCCC1CN. The van der Waals surface area contributed by atoms with Gasteiger partial charge in [0.2, 0.25) is 0 Å². The Hall–Kier alpha value is -0.160. The van der Waals surface area contributed by atoms with Crippen LogP contribution in [0.2, 0.25) is 0 Å². The van der Waals surface area contributed by atoms with E-state index >= 15 is 0 Å². The zero-order chi connectivity index (χ0) is 11.6. The lowest BCUT2D eigenvalue weighted by Crippen LogP contribution is -2.23. The van der Waals surface area contributed by atoms with E-state index in [2.05, 4.69) is 0 Å². The first-order valence-corrected chi connectivity index (χ1v) is 6.23. The van der Waals surface area contributed by atoms with Gasteiger partial charge in [-0.25, -0.2) is 0 Å². The van der Waals surface area contributed by atoms with Crippen molar-refractivity contribution in [3.63, 3.8) is 0 Å². The molecule has 1 saturated carbocycles. The summed E-state index contributed by atoms with van der Waals surface area (Å²) in [5.74, 6) is 1.35. The monoisotopic (exact) mass is 231 g/mol. The summed E-state index contributed by atoms with van der Waals surface area (Å²) in [5, 5.41) is 0. The maximum atomic E-state index is 5.72. The van der Waals surface area contributed by atoms with Crippen LogP contribution in [-0.2, 0) is 14.2 Å². The molecule has 1 rings (SSSR count). The van der Waals surface area contributed by atoms with Crippen LogP contribution in [0.1, 0.15) is 19.3 Å². The summed E-state index contributed by atoms with van der Waals surface area (Å²) < 4.78 is 15.8. The highest BCUT2D eigenvalue weighted by atomic mass is 16.5. The van der Waals surface area contributed by atoms with Crippen LogP contribution in [0.3, 0.4) is 0 Å². The third-order valence-electron chi connectivity index (χ3n) is 3.25. The molecule has 4 nitrogen and oxygen atoms in total. The van der Waals surface area contributed by atoms with Gasteiger partial charge in [-0.05, 0) is 31.2 Å². The molecule has 0 radical (unpaired) electrons. The topological polar surface area (TPSA) is 53.7 Å². The highest BCUT2D eigenvalue weighted by Gasteiger charge is 2.25. The normalized spacial score (nSPS) is 25.1. The van der Waals surface area contributed by atoms with E-state index in [1.54, 1.807) is 7.11 Å². The number of rotatable bonds is 9. The summed E-state index contributed by atoms with van der Waals surface area (Å²) in [6, 6.07) is 0. The van der Waals surface area contributed by atoms with Crippen LogP contribution in [0, 0.1) is 11.8 Å². The van der Waals surface area contributed by atoms with Gasteiger partial charge in [0.25, 0.3) is 0 Å². The molecule has 0 heterocycles. The zero-order valence-corrected chi connectivity index (χ0v) is 10.3. The molecule has 0 aliphatic heterocycles. The first-order chi connectivity index (χ1) is 7.88. The molecular weight excluding hydrogens is 206 g/mol. The third-order valence-corrected chi connectivity index (χ3v) is 3.25. The highest BCUT2D eigenvalue weighted by Crippen LogP contribution is 2.30. The van der Waals surface area contributed by atoms with Gasteiger partial charge < -0.3 is 19.9 Å². The van der Waals surface area contributed by atoms with Crippen molar-refractivity contribution in [2.75, 3.05) is 46.7 Å². The van der Waals surface area contributed by atoms with Crippen LogP contribution in [0.4, 0.5) is 0 Å². The predicted molar refractivity (Wildman–Crippen MR) is 63.4 cm³/mol. The Morgan fingerprint density at radius 1 is 1.00 bits per heavy atom. The van der Waals surface area contributed by atoms with E-state index in [0.717, 1.165) is 13.2 Å². The number of methoxy groups -OCH3 is 1. The Balaban J connectivity index is 1.90. The molecule has 2 atom stereocenters. The quantitative estimate of drug-likeness (QED) is 0.602. The second-order valence-corrected chi connectivity index (χ2v) is 4.37. The summed E-state index contributed by atoms with van der Waals surface area (Å²) in [5.41, 5.74) is 5.72. The maximum absolute atomic E-state index is 5.72. The van der Waals surface area contributed by atoms with Gasteiger partial charge in [0.05, 0.1) is 26.4 Å². The number of hydrogen-bond donors (Lipinski definition) is 1. The van der Waals surface area contributed by atoms with Gasteiger partial charge in [0.15, 0.2) is 0 Å². The van der Waals surface area contributed by atoms with Crippen LogP contribution in [0.25, 0.3) is 0 Å². The first-order valence-electron chi connectivity index (χ1n) is 6.23. The predicted octanol–water partition coefficient (Wildman–Crippen LogP) is 1.04. The largest absolute Gasteiger partial charge is 0.382 e. The molecule has 0 aromatic heterocycles. The minimum atomic E-state index is 0.648. The van der Waals surface area contributed by atoms with Crippen molar-refractivity contribution in [3.8, 4) is 0 Å². The van der Waals surface area contributed by atoms with Crippen molar-refractivity contribution in [2.24, 2.45) is 17.6 Å². The minimum Gasteiger partial charge on any atom is -0.382 e. The van der Waals surface area contributed by atoms with Crippen molar-refractivity contribution < 1.29 is 14.2 Å². The fourth-order valence-electron chi connectivity index (χ4n) is 2.24. The molecule has 16 heavy (non-hydrogen) atoms. The van der Waals surface area contributed by atoms with Gasteiger partial charge in [0, 0.05) is 13.7 Å². The van der Waals surface area contributed by atoms with E-state index in [9.17, 15) is 0 Å². The van der Waals surface area contributed by atoms with Gasteiger partial charge in [0.1, 0.15) is 0 Å². The fourth-order valence-corrected chi connectivity index (χ4v) is 2.24. The Morgan fingerprint density at radius 3 is 2.44 bits per heavy atom. The molecule has 0 amide bonds. The second-order valence-electron chi connectivity index (χ2n) is 4.37. The lowest BCUT2D eigenvalue weighted by molar-refractivity contribution is 0.0121. The Bertz CT molecular complexity index is 166. The van der Waals surface area contributed by atoms with Crippen LogP contribution < -0.4 is 5.73 Å². The molecule has 2 N–H and O–H groups in total. The fraction of sp³-hybridized carbons (Fsp3) is 1.00. The average Bonchev–Trinajstić information content (AvgIpc) is 2.75. The maximum Gasteiger partial charge on any atom is 0.0701 e. The van der Waals surface area contributed by atoms with E-state index < -0.39 is 0 Å². The molecule has 0 bridgehead atoms. The van der Waals surface area contributed by atoms with Gasteiger partial charge in [-0.1, -0.05) is 6.42 Å². The summed E-state index contributed by atoms with van der Waals surface area (Å²) in [6.07, 6.45) is 3.85. The van der Waals surface area contributed by atoms with E-state index in [-0.39, 0.29) is 0 Å². The molecule has 2 unspecified atom stereocenters. The molecule has 1 aliphatic rings. The second kappa shape index (κ2) is 8.93. The van der Waals surface area contributed by atoms with Gasteiger partial charge in [-0.3, -0.25) is 0 Å². The van der Waals surface area contributed by atoms with Crippen LogP contribution in [0.15, 0.2) is 0 Å². The summed E-state index contributed by atoms with van der Waals surface area (Å²) in [7, 11) is 1.67. The van der Waals surface area contributed by atoms with Gasteiger partial charge in [-0.2, -0.15) is 0 Å². The molecule has 1 aliphatic carbocycles. The summed E-state index contributed by atoms with van der Waals surface area (Å²) in [4.78, 5) is 0. The molecule has 4 heteroatoms. The van der Waals surface area contributed by atoms with Crippen molar-refractivity contribution in [1.29, 1.82) is 0 Å². The Morgan fingerprint density at radius 2 is 1.69 bits per heavy atom. The molecule has 0 aromatic carbocycles. The number of hydrogen-bond acceptors (Lipinski definition) is 4. The van der Waals surface area contributed by atoms with Crippen LogP contribution in [-0.4, -0.2) is 46.7 Å². The molecule has 1 fully saturated rings. The lowest BCUT2D eigenvalue weighted by Gasteiger charge is -2.17. The number of nitrogens with two attached hydrogens (primary N) is 1.